The number of hydrogen-bond acceptors (Lipinski definition) is 29. The van der Waals surface area contributed by atoms with Crippen molar-refractivity contribution < 1.29 is 128 Å². The van der Waals surface area contributed by atoms with Crippen molar-refractivity contribution in [3.63, 3.8) is 0 Å². The Bertz CT molecular complexity index is 4870. The molecule has 0 saturated carbocycles. The maximum absolute atomic E-state index is 16.1. The van der Waals surface area contributed by atoms with Gasteiger partial charge in [-0.2, -0.15) is 0 Å². The number of carboxylic acid groups (broad SMARTS) is 1. The molecule has 115 heavy (non-hydrogen) atoms. The maximum atomic E-state index is 16.1. The number of ether oxygens (including phenoxy) is 6. The summed E-state index contributed by atoms with van der Waals surface area (Å²) in [6.07, 6.45) is -24.9. The lowest BCUT2D eigenvalue weighted by molar-refractivity contribution is -0.350. The SMILES string of the molecule is CN[C@H](CC(C)C)C(=O)NC1C(=O)N[C@@H](CC(N)=O)C(=O)N[C@H]2C(=O)N[C@H]3C(=O)N[C@H](C(=O)NC(C(=O)O)c4cc(O)cc(O)c4-c4cc3ccc4O)[C@H](O)c3ccc(c(Cl)c3)Oc3cc2cc(c3O[C@@H]2O[C@H](CO)[C@@H](O[C@@H]3O[C@H](CNCc4nc(-c5ccc(Cl)cc5)cs4)[C@H](O)[C@H](O)[C@H]3O)[C@H](O)[C@H]2O)Oc2ccc(cc2Cl)[C@H]1O. The van der Waals surface area contributed by atoms with Gasteiger partial charge >= 0.3 is 5.97 Å². The first-order chi connectivity index (χ1) is 54.7. The Kier molecular flexibility index (Phi) is 26.0. The van der Waals surface area contributed by atoms with Crippen molar-refractivity contribution in [1.29, 1.82) is 0 Å². The molecule has 22 N–H and O–H groups in total. The number of nitrogens with two attached hydrogens (primary N) is 1. The molecule has 36 nitrogen and oxygen atoms in total. The van der Waals surface area contributed by atoms with E-state index in [-0.39, 0.29) is 42.1 Å². The zero-order valence-corrected chi connectivity index (χ0v) is 63.7. The van der Waals surface area contributed by atoms with Gasteiger partial charge in [0.2, 0.25) is 53.4 Å². The summed E-state index contributed by atoms with van der Waals surface area (Å²) in [5, 5.41) is 161. The standard InChI is InChI=1S/C75H79Cl3N10O26S/c1-27(2)14-39(80-3)67(101)87-56-58(94)30-7-12-44(37(77)16-30)109-46-18-32-19-47(65(46)113-75-64(100)62(98)66(49(25-89)112-75)114-74-63(99)61(97)60(96)48(111-74)23-81-24-51-82-41(26-115-51)28-4-9-33(76)10-5-28)110-45-13-8-31(17-38(45)78)59(95)57-72(106)86-55(73(107)108)36-20-34(90)21-43(92)52(36)35-15-29(6-11-42(35)91)53(69(103)88-57)85-70(104)54(32)84-68(102)40(22-50(79)93)83-71(56)105/h4-13,15-21,26-27,39-40,48-49,53-64,66,74-75,80-81,89-92,94-100H,14,22-25H2,1-3H3,(H2,79,93)(H,83,105)(H,84,102)(H,85,104)(H,86,106)(H,87,101)(H,88,103)(H,107,108)/t39-,40+,48-,49-,53-,54-,55?,56?,57+,58-,59-,60+,61+,62-,63-,64-,66-,74+,75+/m1/s1. The molecule has 7 amide bonds. The number of nitrogens with zero attached hydrogens (tertiary/aromatic N) is 1. The number of likely N-dealkylation sites (N-methyl/N-ethyl adjacent to an activating group) is 1. The molecule has 2 fully saturated rings. The minimum atomic E-state index is -2.39. The van der Waals surface area contributed by atoms with E-state index in [4.69, 9.17) is 69.0 Å². The number of aromatic hydroxyl groups is 3. The summed E-state index contributed by atoms with van der Waals surface area (Å²) in [5.74, 6) is -16.6. The van der Waals surface area contributed by atoms with Crippen molar-refractivity contribution in [2.45, 2.75) is 149 Å². The number of nitrogens with one attached hydrogen (secondary N) is 8. The molecule has 612 valence electrons. The van der Waals surface area contributed by atoms with Crippen LogP contribution in [-0.4, -0.2) is 219 Å². The first kappa shape index (κ1) is 84.3. The third-order valence-electron chi connectivity index (χ3n) is 19.6. The van der Waals surface area contributed by atoms with E-state index in [1.807, 2.05) is 5.38 Å². The molecule has 0 aliphatic carbocycles. The van der Waals surface area contributed by atoms with Gasteiger partial charge in [0, 0.05) is 51.8 Å². The molecule has 2 unspecified atom stereocenters. The van der Waals surface area contributed by atoms with Crippen LogP contribution in [-0.2, 0) is 59.1 Å². The van der Waals surface area contributed by atoms with Gasteiger partial charge in [0.05, 0.1) is 34.8 Å². The first-order valence-electron chi connectivity index (χ1n) is 35.6. The summed E-state index contributed by atoms with van der Waals surface area (Å²) >= 11 is 21.5. The van der Waals surface area contributed by atoms with Gasteiger partial charge in [-0.1, -0.05) is 79.0 Å². The van der Waals surface area contributed by atoms with Gasteiger partial charge in [0.1, 0.15) is 125 Å². The van der Waals surface area contributed by atoms with Crippen LogP contribution in [0.2, 0.25) is 15.1 Å². The van der Waals surface area contributed by atoms with E-state index in [2.05, 4.69) is 47.5 Å². The lowest BCUT2D eigenvalue weighted by Crippen LogP contribution is -2.65. The van der Waals surface area contributed by atoms with Crippen LogP contribution >= 0.6 is 46.1 Å². The molecule has 40 heteroatoms. The zero-order chi connectivity index (χ0) is 82.9. The number of halogens is 3. The number of thiazole rings is 1. The van der Waals surface area contributed by atoms with Gasteiger partial charge in [-0.15, -0.1) is 11.3 Å². The molecule has 0 spiro atoms. The second kappa shape index (κ2) is 35.5. The Labute approximate surface area is 671 Å². The number of aliphatic hydroxyl groups is 8. The molecule has 2 saturated heterocycles. The highest BCUT2D eigenvalue weighted by atomic mass is 35.5. The van der Waals surface area contributed by atoms with Gasteiger partial charge in [0.25, 0.3) is 0 Å². The largest absolute Gasteiger partial charge is 0.508 e. The molecule has 14 rings (SSSR count). The van der Waals surface area contributed by atoms with E-state index >= 15 is 14.4 Å². The number of amides is 7. The number of hydrogen-bond donors (Lipinski definition) is 21. The number of aromatic nitrogens is 1. The molecule has 7 aromatic rings. The molecule has 0 radical (unpaired) electrons. The number of fused-ring (bicyclic) bond motifs is 15. The van der Waals surface area contributed by atoms with E-state index in [0.29, 0.717) is 15.7 Å². The molecule has 7 aliphatic rings. The molecule has 6 aromatic carbocycles. The summed E-state index contributed by atoms with van der Waals surface area (Å²) in [6.45, 7) is 2.46. The summed E-state index contributed by atoms with van der Waals surface area (Å²) in [5.41, 5.74) is 4.16. The van der Waals surface area contributed by atoms with Gasteiger partial charge in [0.15, 0.2) is 23.8 Å². The van der Waals surface area contributed by atoms with Crippen LogP contribution in [0, 0.1) is 5.92 Å². The summed E-state index contributed by atoms with van der Waals surface area (Å²) in [4.78, 5) is 122. The van der Waals surface area contributed by atoms with Gasteiger partial charge in [-0.25, -0.2) is 9.78 Å². The summed E-state index contributed by atoms with van der Waals surface area (Å²) in [7, 11) is 1.46. The number of phenolic OH excluding ortho intramolecular Hbond substituents is 3. The Balaban J connectivity index is 0.984. The van der Waals surface area contributed by atoms with Crippen LogP contribution in [0.1, 0.15) is 89.8 Å². The molecule has 11 bridgehead atoms. The third kappa shape index (κ3) is 18.4. The van der Waals surface area contributed by atoms with Gasteiger partial charge in [-0.3, -0.25) is 33.6 Å². The van der Waals surface area contributed by atoms with Gasteiger partial charge in [-0.05, 0) is 108 Å². The number of rotatable bonds is 18. The van der Waals surface area contributed by atoms with Crippen LogP contribution < -0.4 is 62.5 Å². The van der Waals surface area contributed by atoms with Crippen molar-refractivity contribution in [2.75, 3.05) is 20.2 Å². The molecular weight excluding hydrogens is 1600 g/mol. The highest BCUT2D eigenvalue weighted by molar-refractivity contribution is 7.09. The average Bonchev–Trinajstić information content (AvgIpc) is 0.978. The molecular formula is C75H79Cl3N10O26S. The Morgan fingerprint density at radius 2 is 1.26 bits per heavy atom. The predicted molar refractivity (Wildman–Crippen MR) is 403 cm³/mol. The fourth-order valence-corrected chi connectivity index (χ4v) is 15.1. The number of carbonyl (C=O) groups excluding carboxylic acids is 7. The normalized spacial score (nSPS) is 27.3. The van der Waals surface area contributed by atoms with E-state index < -0.39 is 255 Å². The molecule has 1 aromatic heterocycles. The Morgan fingerprint density at radius 1 is 0.643 bits per heavy atom. The number of phenols is 3. The lowest BCUT2D eigenvalue weighted by atomic mass is 9.89. The van der Waals surface area contributed by atoms with Crippen LogP contribution in [0.25, 0.3) is 22.4 Å². The van der Waals surface area contributed by atoms with Crippen molar-refractivity contribution in [1.82, 2.24) is 47.5 Å². The highest BCUT2D eigenvalue weighted by Gasteiger charge is 2.52. The number of benzene rings is 6. The summed E-state index contributed by atoms with van der Waals surface area (Å²) in [6, 6.07) is 5.74. The number of carboxylic acids is 1. The molecule has 7 aliphatic heterocycles. The van der Waals surface area contributed by atoms with E-state index in [1.54, 1.807) is 38.1 Å². The molecule has 19 atom stereocenters. The van der Waals surface area contributed by atoms with E-state index in [9.17, 15) is 85.3 Å². The van der Waals surface area contributed by atoms with Crippen molar-refractivity contribution >= 4 is 93.5 Å². The number of aliphatic carboxylic acids is 1. The van der Waals surface area contributed by atoms with Crippen LogP contribution in [0.15, 0.2) is 109 Å². The smallest absolute Gasteiger partial charge is 0.330 e. The minimum absolute atomic E-state index is 0.118. The number of aliphatic hydroxyl groups excluding tert-OH is 8. The second-order valence-corrected chi connectivity index (χ2v) is 30.3. The monoisotopic (exact) mass is 1670 g/mol. The maximum Gasteiger partial charge on any atom is 0.330 e. The topological polar surface area (TPSA) is 570 Å². The van der Waals surface area contributed by atoms with E-state index in [0.717, 1.165) is 78.4 Å². The zero-order valence-electron chi connectivity index (χ0n) is 60.6. The lowest BCUT2D eigenvalue weighted by Gasteiger charge is -2.46. The first-order valence-corrected chi connectivity index (χ1v) is 37.6. The van der Waals surface area contributed by atoms with Crippen molar-refractivity contribution in [3.05, 3.63) is 156 Å². The number of carbonyl (C=O) groups is 8. The van der Waals surface area contributed by atoms with Crippen molar-refractivity contribution in [3.8, 4) is 68.4 Å². The van der Waals surface area contributed by atoms with Crippen LogP contribution in [0.3, 0.4) is 0 Å². The van der Waals surface area contributed by atoms with Crippen LogP contribution in [0.5, 0.6) is 46.0 Å². The highest BCUT2D eigenvalue weighted by Crippen LogP contribution is 2.50. The Morgan fingerprint density at radius 3 is 1.89 bits per heavy atom. The van der Waals surface area contributed by atoms with E-state index in [1.165, 1.54) is 24.5 Å². The Hall–Kier alpha value is -10.1. The molecule has 8 heterocycles. The third-order valence-corrected chi connectivity index (χ3v) is 21.3. The van der Waals surface area contributed by atoms with Crippen molar-refractivity contribution in [2.24, 2.45) is 11.7 Å². The van der Waals surface area contributed by atoms with Gasteiger partial charge < -0.3 is 138 Å². The quantitative estimate of drug-likeness (QED) is 0.0575. The predicted octanol–water partition coefficient (Wildman–Crippen LogP) is 1.27. The fourth-order valence-electron chi connectivity index (χ4n) is 13.7. The average molecular weight is 1670 g/mol. The number of primary amides is 1. The second-order valence-electron chi connectivity index (χ2n) is 28.1. The van der Waals surface area contributed by atoms with Crippen LogP contribution in [0.4, 0.5) is 0 Å². The summed E-state index contributed by atoms with van der Waals surface area (Å²) < 4.78 is 37.9. The fraction of sp³-hybridized carbons (Fsp3) is 0.373. The minimum Gasteiger partial charge on any atom is -0.508 e.